The molecule has 2 heterocycles. The number of nitrogens with zero attached hydrogens (tertiary/aromatic N) is 4. The Kier molecular flexibility index (Phi) is 4.73. The van der Waals surface area contributed by atoms with Crippen LogP contribution >= 0.6 is 0 Å². The van der Waals surface area contributed by atoms with Crippen LogP contribution in [0.2, 0.25) is 0 Å². The van der Waals surface area contributed by atoms with Crippen LogP contribution in [0.15, 0.2) is 24.4 Å². The fourth-order valence-electron chi connectivity index (χ4n) is 4.13. The molecular weight excluding hydrogens is 304 g/mol. The lowest BCUT2D eigenvalue weighted by Crippen LogP contribution is -2.52. The van der Waals surface area contributed by atoms with Gasteiger partial charge in [0, 0.05) is 46.3 Å². The monoisotopic (exact) mass is 330 g/mol. The van der Waals surface area contributed by atoms with Gasteiger partial charge in [-0.05, 0) is 36.8 Å². The predicted octanol–water partition coefficient (Wildman–Crippen LogP) is 1.68. The maximum absolute atomic E-state index is 13.0. The number of pyridine rings is 1. The summed E-state index contributed by atoms with van der Waals surface area (Å²) >= 11 is 0. The highest BCUT2D eigenvalue weighted by Crippen LogP contribution is 2.43. The average Bonchev–Trinajstić information content (AvgIpc) is 2.83. The third-order valence-corrected chi connectivity index (χ3v) is 5.27. The molecule has 1 saturated carbocycles. The standard InChI is InChI=1S/C18H26N4O2/c1-20(2)18(24)22-10-13-7-8-14(11-22)16(13)17(23)21(3)12-15-6-4-5-9-19-15/h4-6,9,13-14,16H,7-8,10-12H2,1-3H3. The molecule has 0 aromatic carbocycles. The Hall–Kier alpha value is -2.11. The summed E-state index contributed by atoms with van der Waals surface area (Å²) in [4.78, 5) is 34.8. The molecule has 0 spiro atoms. The first-order chi connectivity index (χ1) is 11.5. The summed E-state index contributed by atoms with van der Waals surface area (Å²) in [6.45, 7) is 1.93. The molecule has 1 aromatic heterocycles. The predicted molar refractivity (Wildman–Crippen MR) is 91.1 cm³/mol. The summed E-state index contributed by atoms with van der Waals surface area (Å²) < 4.78 is 0. The van der Waals surface area contributed by atoms with Crippen LogP contribution in [0.25, 0.3) is 0 Å². The lowest BCUT2D eigenvalue weighted by atomic mass is 9.84. The van der Waals surface area contributed by atoms with Crippen LogP contribution in [-0.4, -0.2) is 65.9 Å². The van der Waals surface area contributed by atoms with Gasteiger partial charge in [0.25, 0.3) is 0 Å². The van der Waals surface area contributed by atoms with Crippen molar-refractivity contribution in [1.82, 2.24) is 19.7 Å². The van der Waals surface area contributed by atoms with E-state index < -0.39 is 0 Å². The second-order valence-electron chi connectivity index (χ2n) is 7.22. The third-order valence-electron chi connectivity index (χ3n) is 5.27. The molecule has 2 fully saturated rings. The molecule has 24 heavy (non-hydrogen) atoms. The van der Waals surface area contributed by atoms with Crippen molar-refractivity contribution in [2.45, 2.75) is 19.4 Å². The molecule has 3 amide bonds. The van der Waals surface area contributed by atoms with Crippen molar-refractivity contribution in [3.05, 3.63) is 30.1 Å². The maximum Gasteiger partial charge on any atom is 0.319 e. The molecule has 2 atom stereocenters. The Morgan fingerprint density at radius 1 is 1.17 bits per heavy atom. The third kappa shape index (κ3) is 3.23. The summed E-state index contributed by atoms with van der Waals surface area (Å²) in [7, 11) is 5.41. The molecule has 2 aliphatic rings. The highest BCUT2D eigenvalue weighted by Gasteiger charge is 2.47. The largest absolute Gasteiger partial charge is 0.340 e. The minimum absolute atomic E-state index is 0.0462. The van der Waals surface area contributed by atoms with Crippen molar-refractivity contribution >= 4 is 11.9 Å². The van der Waals surface area contributed by atoms with Gasteiger partial charge in [0.05, 0.1) is 12.2 Å². The molecule has 3 rings (SSSR count). The summed E-state index contributed by atoms with van der Waals surface area (Å²) in [5.41, 5.74) is 0.904. The van der Waals surface area contributed by atoms with Crippen molar-refractivity contribution in [3.8, 4) is 0 Å². The quantitative estimate of drug-likeness (QED) is 0.847. The first-order valence-electron chi connectivity index (χ1n) is 8.58. The maximum atomic E-state index is 13.0. The summed E-state index contributed by atoms with van der Waals surface area (Å²) in [6.07, 6.45) is 3.83. The number of carbonyl (C=O) groups is 2. The Morgan fingerprint density at radius 3 is 2.38 bits per heavy atom. The van der Waals surface area contributed by atoms with Crippen LogP contribution in [0.4, 0.5) is 4.79 Å². The highest BCUT2D eigenvalue weighted by atomic mass is 16.2. The number of likely N-dealkylation sites (tertiary alicyclic amines) is 1. The molecule has 1 aliphatic carbocycles. The fourth-order valence-corrected chi connectivity index (χ4v) is 4.13. The molecule has 130 valence electrons. The van der Waals surface area contributed by atoms with Crippen molar-refractivity contribution in [1.29, 1.82) is 0 Å². The smallest absolute Gasteiger partial charge is 0.319 e. The van der Waals surface area contributed by atoms with Crippen molar-refractivity contribution in [3.63, 3.8) is 0 Å². The fraction of sp³-hybridized carbons (Fsp3) is 0.611. The molecule has 6 heteroatoms. The van der Waals surface area contributed by atoms with Gasteiger partial charge in [0.1, 0.15) is 0 Å². The molecule has 6 nitrogen and oxygen atoms in total. The van der Waals surface area contributed by atoms with E-state index in [0.29, 0.717) is 19.6 Å². The van der Waals surface area contributed by atoms with Gasteiger partial charge in [-0.1, -0.05) is 6.07 Å². The number of fused-ring (bicyclic) bond motifs is 2. The molecule has 2 unspecified atom stereocenters. The van der Waals surface area contributed by atoms with Gasteiger partial charge in [-0.3, -0.25) is 9.78 Å². The number of carbonyl (C=O) groups excluding carboxylic acids is 2. The van der Waals surface area contributed by atoms with E-state index in [9.17, 15) is 9.59 Å². The Labute approximate surface area is 143 Å². The van der Waals surface area contributed by atoms with Crippen molar-refractivity contribution < 1.29 is 9.59 Å². The van der Waals surface area contributed by atoms with Crippen LogP contribution in [0.3, 0.4) is 0 Å². The summed E-state index contributed by atoms with van der Waals surface area (Å²) in [5, 5.41) is 0. The van der Waals surface area contributed by atoms with Crippen molar-refractivity contribution in [2.75, 3.05) is 34.2 Å². The normalized spacial score (nSPS) is 25.5. The van der Waals surface area contributed by atoms with Gasteiger partial charge in [0.15, 0.2) is 0 Å². The van der Waals surface area contributed by atoms with Gasteiger partial charge >= 0.3 is 6.03 Å². The number of rotatable bonds is 3. The highest BCUT2D eigenvalue weighted by molar-refractivity contribution is 5.80. The molecule has 1 aromatic rings. The summed E-state index contributed by atoms with van der Waals surface area (Å²) in [5.74, 6) is 0.813. The van der Waals surface area contributed by atoms with Crippen LogP contribution in [0.5, 0.6) is 0 Å². The second kappa shape index (κ2) is 6.79. The van der Waals surface area contributed by atoms with E-state index in [2.05, 4.69) is 4.98 Å². The first kappa shape index (κ1) is 16.7. The van der Waals surface area contributed by atoms with E-state index in [1.54, 1.807) is 30.1 Å². The Morgan fingerprint density at radius 2 is 1.83 bits per heavy atom. The van der Waals surface area contributed by atoms with Gasteiger partial charge in [-0.2, -0.15) is 0 Å². The molecule has 1 saturated heterocycles. The van der Waals surface area contributed by atoms with Crippen LogP contribution in [0, 0.1) is 17.8 Å². The molecule has 0 radical (unpaired) electrons. The lowest BCUT2D eigenvalue weighted by Gasteiger charge is -2.39. The van der Waals surface area contributed by atoms with E-state index in [4.69, 9.17) is 0 Å². The summed E-state index contributed by atoms with van der Waals surface area (Å²) in [6, 6.07) is 5.81. The van der Waals surface area contributed by atoms with Gasteiger partial charge < -0.3 is 14.7 Å². The number of urea groups is 1. The zero-order chi connectivity index (χ0) is 17.3. The topological polar surface area (TPSA) is 56.8 Å². The molecule has 0 N–H and O–H groups in total. The van der Waals surface area contributed by atoms with Crippen LogP contribution in [-0.2, 0) is 11.3 Å². The lowest BCUT2D eigenvalue weighted by molar-refractivity contribution is -0.139. The zero-order valence-corrected chi connectivity index (χ0v) is 14.7. The van der Waals surface area contributed by atoms with Crippen molar-refractivity contribution in [2.24, 2.45) is 17.8 Å². The van der Waals surface area contributed by atoms with E-state index >= 15 is 0 Å². The average molecular weight is 330 g/mol. The number of hydrogen-bond donors (Lipinski definition) is 0. The zero-order valence-electron chi connectivity index (χ0n) is 14.7. The number of hydrogen-bond acceptors (Lipinski definition) is 3. The minimum atomic E-state index is 0.0462. The van der Waals surface area contributed by atoms with E-state index in [1.807, 2.05) is 30.1 Å². The van der Waals surface area contributed by atoms with Gasteiger partial charge in [-0.25, -0.2) is 4.79 Å². The second-order valence-corrected chi connectivity index (χ2v) is 7.22. The Balaban J connectivity index is 1.65. The SMILES string of the molecule is CN(C)C(=O)N1CC2CCC(C1)C2C(=O)N(C)Cc1ccccn1. The van der Waals surface area contributed by atoms with Gasteiger partial charge in [-0.15, -0.1) is 0 Å². The molecule has 2 bridgehead atoms. The first-order valence-corrected chi connectivity index (χ1v) is 8.58. The van der Waals surface area contributed by atoms with E-state index in [0.717, 1.165) is 18.5 Å². The number of piperidine rings is 1. The van der Waals surface area contributed by atoms with E-state index in [-0.39, 0.29) is 29.7 Å². The number of amides is 3. The minimum Gasteiger partial charge on any atom is -0.340 e. The molecular formula is C18H26N4O2. The Bertz CT molecular complexity index is 590. The van der Waals surface area contributed by atoms with Crippen LogP contribution in [0.1, 0.15) is 18.5 Å². The number of aromatic nitrogens is 1. The molecule has 1 aliphatic heterocycles. The van der Waals surface area contributed by atoms with E-state index in [1.165, 1.54) is 0 Å². The van der Waals surface area contributed by atoms with Gasteiger partial charge in [0.2, 0.25) is 5.91 Å². The van der Waals surface area contributed by atoms with Crippen LogP contribution < -0.4 is 0 Å².